The molecule has 0 bridgehead atoms. The van der Waals surface area contributed by atoms with Crippen molar-refractivity contribution in [3.8, 4) is 9.75 Å². The van der Waals surface area contributed by atoms with Crippen LogP contribution in [0.15, 0.2) is 37.9 Å². The van der Waals surface area contributed by atoms with Gasteiger partial charge < -0.3 is 0 Å². The van der Waals surface area contributed by atoms with Gasteiger partial charge in [0.15, 0.2) is 0 Å². The van der Waals surface area contributed by atoms with E-state index in [1.54, 1.807) is 33.9 Å². The standard InChI is InChI=1S/C38H55AsBr2S2/c1-3-5-7-9-11-13-15-17-19-24-28-31-33-35(42-37(31)40)36-34(39(33)30-26-22-21-23-27-30)32(38(41)43-36)29-25-20-18-16-14-12-10-8-6-4-2/h21-23,26-27H,3-20,24-25,28-29H2,1-2H3. The van der Waals surface area contributed by atoms with Crippen molar-refractivity contribution in [1.82, 2.24) is 0 Å². The molecule has 1 aliphatic heterocycles. The Morgan fingerprint density at radius 3 is 1.21 bits per heavy atom. The van der Waals surface area contributed by atoms with Crippen LogP contribution in [0.4, 0.5) is 0 Å². The van der Waals surface area contributed by atoms with Gasteiger partial charge in [-0.15, -0.1) is 0 Å². The third-order valence-corrected chi connectivity index (χ3v) is 19.5. The van der Waals surface area contributed by atoms with Crippen LogP contribution in [0.2, 0.25) is 0 Å². The molecule has 1 aromatic carbocycles. The van der Waals surface area contributed by atoms with Crippen LogP contribution >= 0.6 is 54.5 Å². The average molecular weight is 811 g/mol. The zero-order valence-corrected chi connectivity index (χ0v) is 33.6. The maximum atomic E-state index is 4.07. The van der Waals surface area contributed by atoms with Gasteiger partial charge >= 0.3 is 269 Å². The van der Waals surface area contributed by atoms with E-state index in [1.807, 2.05) is 22.7 Å². The zero-order chi connectivity index (χ0) is 30.3. The van der Waals surface area contributed by atoms with Gasteiger partial charge in [0.25, 0.3) is 0 Å². The number of hydrogen-bond acceptors (Lipinski definition) is 2. The predicted octanol–water partition coefficient (Wildman–Crippen LogP) is 12.8. The number of rotatable bonds is 23. The minimum Gasteiger partial charge on any atom is -0.0654 e. The number of halogens is 2. The molecule has 0 saturated carbocycles. The van der Waals surface area contributed by atoms with Gasteiger partial charge in [-0.05, 0) is 0 Å². The SMILES string of the molecule is CCCCCCCCCCCCc1c(Br)sc2c1[As](c1ccccc1)c1c-2sc(Br)c1CCCCCCCCCCCC. The summed E-state index contributed by atoms with van der Waals surface area (Å²) < 4.78 is 7.97. The van der Waals surface area contributed by atoms with Gasteiger partial charge in [0.05, 0.1) is 0 Å². The van der Waals surface area contributed by atoms with E-state index in [0.717, 1.165) is 0 Å². The molecule has 0 nitrogen and oxygen atoms in total. The number of fused-ring (bicyclic) bond motifs is 3. The first kappa shape index (κ1) is 36.0. The van der Waals surface area contributed by atoms with Crippen molar-refractivity contribution in [2.45, 2.75) is 155 Å². The van der Waals surface area contributed by atoms with Crippen molar-refractivity contribution >= 4 is 82.2 Å². The van der Waals surface area contributed by atoms with Crippen LogP contribution in [0.25, 0.3) is 9.75 Å². The van der Waals surface area contributed by atoms with Crippen LogP contribution in [0.5, 0.6) is 0 Å². The molecule has 0 unspecified atom stereocenters. The molecule has 0 radical (unpaired) electrons. The second-order valence-corrected chi connectivity index (χ2v) is 21.6. The van der Waals surface area contributed by atoms with Gasteiger partial charge in [0.1, 0.15) is 0 Å². The zero-order valence-electron chi connectivity index (χ0n) is 27.0. The average Bonchev–Trinajstić information content (AvgIpc) is 3.61. The van der Waals surface area contributed by atoms with Crippen molar-refractivity contribution in [3.63, 3.8) is 0 Å². The molecule has 238 valence electrons. The predicted molar refractivity (Wildman–Crippen MR) is 205 cm³/mol. The molecule has 0 atom stereocenters. The van der Waals surface area contributed by atoms with Crippen molar-refractivity contribution in [2.75, 3.05) is 0 Å². The Morgan fingerprint density at radius 1 is 0.488 bits per heavy atom. The molecule has 43 heavy (non-hydrogen) atoms. The minimum absolute atomic E-state index is 1.24. The van der Waals surface area contributed by atoms with Crippen LogP contribution < -0.4 is 13.1 Å². The fourth-order valence-corrected chi connectivity index (χ4v) is 19.2. The van der Waals surface area contributed by atoms with E-state index in [1.165, 1.54) is 149 Å². The summed E-state index contributed by atoms with van der Waals surface area (Å²) in [6, 6.07) is 11.6. The molecule has 3 aromatic rings. The Morgan fingerprint density at radius 2 is 0.837 bits per heavy atom. The van der Waals surface area contributed by atoms with E-state index < -0.39 is 14.7 Å². The molecule has 0 N–H and O–H groups in total. The van der Waals surface area contributed by atoms with E-state index in [4.69, 9.17) is 0 Å². The normalized spacial score (nSPS) is 12.7. The Kier molecular flexibility index (Phi) is 17.1. The number of thiophene rings is 2. The third-order valence-electron chi connectivity index (χ3n) is 9.09. The second-order valence-electron chi connectivity index (χ2n) is 12.6. The third kappa shape index (κ3) is 10.6. The first-order valence-electron chi connectivity index (χ1n) is 17.6. The van der Waals surface area contributed by atoms with Crippen molar-refractivity contribution in [2.24, 2.45) is 0 Å². The van der Waals surface area contributed by atoms with E-state index in [9.17, 15) is 0 Å². The fraction of sp³-hybridized carbons (Fsp3) is 0.632. The van der Waals surface area contributed by atoms with Crippen molar-refractivity contribution in [3.05, 3.63) is 49.0 Å². The van der Waals surface area contributed by atoms with Gasteiger partial charge in [0, 0.05) is 0 Å². The topological polar surface area (TPSA) is 0 Å². The van der Waals surface area contributed by atoms with Gasteiger partial charge in [-0.3, -0.25) is 0 Å². The van der Waals surface area contributed by atoms with E-state index in [-0.39, 0.29) is 0 Å². The van der Waals surface area contributed by atoms with Gasteiger partial charge in [-0.2, -0.15) is 0 Å². The van der Waals surface area contributed by atoms with Crippen molar-refractivity contribution in [1.29, 1.82) is 0 Å². The van der Waals surface area contributed by atoms with Gasteiger partial charge in [0.2, 0.25) is 0 Å². The maximum absolute atomic E-state index is 4.07. The first-order chi connectivity index (χ1) is 21.2. The fourth-order valence-electron chi connectivity index (χ4n) is 6.60. The van der Waals surface area contributed by atoms with Crippen LogP contribution in [-0.2, 0) is 12.8 Å². The number of unbranched alkanes of at least 4 members (excludes halogenated alkanes) is 18. The Labute approximate surface area is 293 Å². The summed E-state index contributed by atoms with van der Waals surface area (Å²) >= 11 is 10.6. The molecule has 3 heterocycles. The molecule has 0 saturated heterocycles. The molecule has 0 fully saturated rings. The Bertz CT molecular complexity index is 1120. The van der Waals surface area contributed by atoms with E-state index >= 15 is 0 Å². The Balaban J connectivity index is 1.36. The summed E-state index contributed by atoms with van der Waals surface area (Å²) in [6.45, 7) is 4.62. The smallest absolute Gasteiger partial charge is 0.0654 e. The molecule has 1 aliphatic rings. The molecule has 2 aromatic heterocycles. The van der Waals surface area contributed by atoms with Crippen molar-refractivity contribution < 1.29 is 0 Å². The molecule has 0 amide bonds. The molecule has 0 aliphatic carbocycles. The second kappa shape index (κ2) is 20.4. The van der Waals surface area contributed by atoms with Gasteiger partial charge in [-0.1, -0.05) is 26.7 Å². The Hall–Kier alpha value is 0.138. The summed E-state index contributed by atoms with van der Waals surface area (Å²) in [4.78, 5) is 3.21. The van der Waals surface area contributed by atoms with Crippen LogP contribution in [0, 0.1) is 0 Å². The molecular weight excluding hydrogens is 755 g/mol. The van der Waals surface area contributed by atoms with E-state index in [0.29, 0.717) is 0 Å². The van der Waals surface area contributed by atoms with E-state index in [2.05, 4.69) is 76.0 Å². The summed E-state index contributed by atoms with van der Waals surface area (Å²) in [5.74, 6) is 0. The first-order valence-corrected chi connectivity index (χ1v) is 23.7. The molecule has 4 rings (SSSR count). The summed E-state index contributed by atoms with van der Waals surface area (Å²) in [5.41, 5.74) is 3.32. The monoisotopic (exact) mass is 808 g/mol. The van der Waals surface area contributed by atoms with Crippen LogP contribution in [0.3, 0.4) is 0 Å². The molecule has 5 heteroatoms. The number of benzene rings is 1. The summed E-state index contributed by atoms with van der Waals surface area (Å²) in [5, 5.41) is 0. The minimum atomic E-state index is -1.57. The van der Waals surface area contributed by atoms with Crippen LogP contribution in [-0.4, -0.2) is 14.7 Å². The summed E-state index contributed by atoms with van der Waals surface area (Å²) in [6.07, 6.45) is 30.6. The summed E-state index contributed by atoms with van der Waals surface area (Å²) in [7, 11) is 0. The van der Waals surface area contributed by atoms with Crippen LogP contribution in [0.1, 0.15) is 153 Å². The number of hydrogen-bond donors (Lipinski definition) is 0. The van der Waals surface area contributed by atoms with Gasteiger partial charge in [-0.25, -0.2) is 0 Å². The molecular formula is C38H55AsBr2S2. The quantitative estimate of drug-likeness (QED) is 0.0517. The molecule has 0 spiro atoms.